The van der Waals surface area contributed by atoms with Crippen LogP contribution in [-0.4, -0.2) is 7.11 Å². The lowest BCUT2D eigenvalue weighted by atomic mass is 10.2. The Labute approximate surface area is 102 Å². The quantitative estimate of drug-likeness (QED) is 0.861. The molecule has 0 spiro atoms. The molecule has 0 saturated heterocycles. The van der Waals surface area contributed by atoms with Crippen molar-refractivity contribution in [3.8, 4) is 5.75 Å². The minimum absolute atomic E-state index is 0.826. The number of nitrogens with one attached hydrogen (secondary N) is 1. The molecule has 0 radical (unpaired) electrons. The van der Waals surface area contributed by atoms with Gasteiger partial charge in [-0.15, -0.1) is 0 Å². The van der Waals surface area contributed by atoms with Crippen molar-refractivity contribution < 1.29 is 4.74 Å². The fourth-order valence-electron chi connectivity index (χ4n) is 1.62. The first kappa shape index (κ1) is 11.5. The number of aryl methyl sites for hydroxylation is 1. The van der Waals surface area contributed by atoms with Gasteiger partial charge in [-0.25, -0.2) is 0 Å². The molecular weight excluding hydrogens is 210 g/mol. The van der Waals surface area contributed by atoms with E-state index in [0.29, 0.717) is 0 Å². The SMILES string of the molecule is COc1ccc(CNc2ccc(C)cc2)cc1. The van der Waals surface area contributed by atoms with Crippen molar-refractivity contribution in [3.05, 3.63) is 59.7 Å². The molecule has 2 nitrogen and oxygen atoms in total. The Morgan fingerprint density at radius 3 is 2.18 bits per heavy atom. The molecule has 0 aromatic heterocycles. The second kappa shape index (κ2) is 5.39. The van der Waals surface area contributed by atoms with Crippen LogP contribution in [-0.2, 0) is 6.54 Å². The average molecular weight is 227 g/mol. The summed E-state index contributed by atoms with van der Waals surface area (Å²) in [6, 6.07) is 16.5. The first-order valence-electron chi connectivity index (χ1n) is 5.71. The van der Waals surface area contributed by atoms with Crippen molar-refractivity contribution in [2.24, 2.45) is 0 Å². The first-order valence-corrected chi connectivity index (χ1v) is 5.71. The Hall–Kier alpha value is -1.96. The molecule has 17 heavy (non-hydrogen) atoms. The molecule has 2 aromatic carbocycles. The zero-order valence-corrected chi connectivity index (χ0v) is 10.2. The van der Waals surface area contributed by atoms with Crippen molar-refractivity contribution in [2.45, 2.75) is 13.5 Å². The van der Waals surface area contributed by atoms with E-state index in [0.717, 1.165) is 18.0 Å². The third kappa shape index (κ3) is 3.25. The fourth-order valence-corrected chi connectivity index (χ4v) is 1.62. The Kier molecular flexibility index (Phi) is 3.66. The first-order chi connectivity index (χ1) is 8.28. The number of rotatable bonds is 4. The summed E-state index contributed by atoms with van der Waals surface area (Å²) in [4.78, 5) is 0. The fraction of sp³-hybridized carbons (Fsp3) is 0.200. The minimum atomic E-state index is 0.826. The molecule has 0 bridgehead atoms. The molecule has 2 heteroatoms. The number of hydrogen-bond donors (Lipinski definition) is 1. The summed E-state index contributed by atoms with van der Waals surface area (Å²) in [7, 11) is 1.68. The molecule has 0 amide bonds. The van der Waals surface area contributed by atoms with Crippen molar-refractivity contribution >= 4 is 5.69 Å². The standard InChI is InChI=1S/C15H17NO/c1-12-3-7-14(8-4-12)16-11-13-5-9-15(17-2)10-6-13/h3-10,16H,11H2,1-2H3. The molecule has 0 aliphatic rings. The second-order valence-electron chi connectivity index (χ2n) is 4.07. The van der Waals surface area contributed by atoms with Gasteiger partial charge in [0.2, 0.25) is 0 Å². The van der Waals surface area contributed by atoms with E-state index in [2.05, 4.69) is 48.6 Å². The van der Waals surface area contributed by atoms with Crippen molar-refractivity contribution in [1.82, 2.24) is 0 Å². The summed E-state index contributed by atoms with van der Waals surface area (Å²) in [6.45, 7) is 2.92. The molecule has 0 saturated carbocycles. The van der Waals surface area contributed by atoms with E-state index in [4.69, 9.17) is 4.74 Å². The van der Waals surface area contributed by atoms with E-state index in [9.17, 15) is 0 Å². The Morgan fingerprint density at radius 1 is 0.941 bits per heavy atom. The van der Waals surface area contributed by atoms with E-state index >= 15 is 0 Å². The third-order valence-corrected chi connectivity index (χ3v) is 2.71. The van der Waals surface area contributed by atoms with Gasteiger partial charge >= 0.3 is 0 Å². The van der Waals surface area contributed by atoms with Gasteiger partial charge in [0, 0.05) is 12.2 Å². The summed E-state index contributed by atoms with van der Waals surface area (Å²) < 4.78 is 5.12. The van der Waals surface area contributed by atoms with E-state index in [1.54, 1.807) is 7.11 Å². The lowest BCUT2D eigenvalue weighted by Gasteiger charge is -2.07. The van der Waals surface area contributed by atoms with Crippen LogP contribution >= 0.6 is 0 Å². The summed E-state index contributed by atoms with van der Waals surface area (Å²) in [5.41, 5.74) is 3.66. The molecule has 88 valence electrons. The zero-order chi connectivity index (χ0) is 12.1. The van der Waals surface area contributed by atoms with Gasteiger partial charge in [-0.3, -0.25) is 0 Å². The predicted molar refractivity (Wildman–Crippen MR) is 71.5 cm³/mol. The number of anilines is 1. The smallest absolute Gasteiger partial charge is 0.118 e. The molecule has 1 N–H and O–H groups in total. The highest BCUT2D eigenvalue weighted by Crippen LogP contribution is 2.14. The van der Waals surface area contributed by atoms with Crippen LogP contribution in [0.25, 0.3) is 0 Å². The molecule has 2 rings (SSSR count). The maximum absolute atomic E-state index is 5.12. The van der Waals surface area contributed by atoms with Gasteiger partial charge < -0.3 is 10.1 Å². The normalized spacial score (nSPS) is 10.0. The topological polar surface area (TPSA) is 21.3 Å². The van der Waals surface area contributed by atoms with Gasteiger partial charge in [0.05, 0.1) is 7.11 Å². The number of hydrogen-bond acceptors (Lipinski definition) is 2. The predicted octanol–water partition coefficient (Wildman–Crippen LogP) is 3.62. The third-order valence-electron chi connectivity index (χ3n) is 2.71. The second-order valence-corrected chi connectivity index (χ2v) is 4.07. The van der Waals surface area contributed by atoms with E-state index in [-0.39, 0.29) is 0 Å². The lowest BCUT2D eigenvalue weighted by Crippen LogP contribution is -1.99. The van der Waals surface area contributed by atoms with Crippen molar-refractivity contribution in [3.63, 3.8) is 0 Å². The lowest BCUT2D eigenvalue weighted by molar-refractivity contribution is 0.414. The molecule has 0 heterocycles. The molecule has 0 atom stereocenters. The molecular formula is C15H17NO. The summed E-state index contributed by atoms with van der Waals surface area (Å²) in [6.07, 6.45) is 0. The van der Waals surface area contributed by atoms with Crippen LogP contribution in [0.2, 0.25) is 0 Å². The molecule has 0 aliphatic carbocycles. The average Bonchev–Trinajstić information content (AvgIpc) is 2.39. The van der Waals surface area contributed by atoms with Crippen LogP contribution in [0.15, 0.2) is 48.5 Å². The molecule has 2 aromatic rings. The summed E-state index contributed by atoms with van der Waals surface area (Å²) >= 11 is 0. The van der Waals surface area contributed by atoms with Crippen molar-refractivity contribution in [1.29, 1.82) is 0 Å². The van der Waals surface area contributed by atoms with Gasteiger partial charge in [0.25, 0.3) is 0 Å². The van der Waals surface area contributed by atoms with Crippen molar-refractivity contribution in [2.75, 3.05) is 12.4 Å². The number of benzene rings is 2. The van der Waals surface area contributed by atoms with Crippen LogP contribution in [0.5, 0.6) is 5.75 Å². The summed E-state index contributed by atoms with van der Waals surface area (Å²) in [5.74, 6) is 0.893. The van der Waals surface area contributed by atoms with Gasteiger partial charge in [-0.1, -0.05) is 29.8 Å². The van der Waals surface area contributed by atoms with E-state index in [1.165, 1.54) is 11.1 Å². The van der Waals surface area contributed by atoms with Crippen LogP contribution in [0.3, 0.4) is 0 Å². The molecule has 0 unspecified atom stereocenters. The van der Waals surface area contributed by atoms with Crippen LogP contribution < -0.4 is 10.1 Å². The zero-order valence-electron chi connectivity index (χ0n) is 10.2. The Balaban J connectivity index is 1.95. The monoisotopic (exact) mass is 227 g/mol. The number of ether oxygens (including phenoxy) is 1. The van der Waals surface area contributed by atoms with Crippen LogP contribution in [0, 0.1) is 6.92 Å². The minimum Gasteiger partial charge on any atom is -0.497 e. The van der Waals surface area contributed by atoms with Crippen LogP contribution in [0.1, 0.15) is 11.1 Å². The highest BCUT2D eigenvalue weighted by atomic mass is 16.5. The maximum Gasteiger partial charge on any atom is 0.118 e. The van der Waals surface area contributed by atoms with E-state index < -0.39 is 0 Å². The largest absolute Gasteiger partial charge is 0.497 e. The number of methoxy groups -OCH3 is 1. The Morgan fingerprint density at radius 2 is 1.59 bits per heavy atom. The Bertz CT molecular complexity index is 459. The maximum atomic E-state index is 5.12. The van der Waals surface area contributed by atoms with E-state index in [1.807, 2.05) is 12.1 Å². The van der Waals surface area contributed by atoms with Gasteiger partial charge in [-0.05, 0) is 36.8 Å². The highest BCUT2D eigenvalue weighted by Gasteiger charge is 1.95. The highest BCUT2D eigenvalue weighted by molar-refractivity contribution is 5.45. The van der Waals surface area contributed by atoms with Gasteiger partial charge in [0.15, 0.2) is 0 Å². The van der Waals surface area contributed by atoms with Gasteiger partial charge in [-0.2, -0.15) is 0 Å². The molecule has 0 fully saturated rings. The van der Waals surface area contributed by atoms with Crippen LogP contribution in [0.4, 0.5) is 5.69 Å². The van der Waals surface area contributed by atoms with Gasteiger partial charge in [0.1, 0.15) is 5.75 Å². The molecule has 0 aliphatic heterocycles. The summed E-state index contributed by atoms with van der Waals surface area (Å²) in [5, 5.41) is 3.38.